The minimum atomic E-state index is -0.938. The molecule has 2 atom stereocenters. The first kappa shape index (κ1) is 35.3. The molecule has 228 valence electrons. The molecule has 0 fully saturated rings. The number of ether oxygens (including phenoxy) is 1. The summed E-state index contributed by atoms with van der Waals surface area (Å²) in [6.07, 6.45) is 8.78. The number of benzene rings is 1. The number of phenols is 1. The number of alkyl carbamates (subject to hydrolysis) is 1. The van der Waals surface area contributed by atoms with E-state index in [1.807, 2.05) is 13.8 Å². The monoisotopic (exact) mass is 561 g/mol. The Bertz CT molecular complexity index is 897. The maximum absolute atomic E-state index is 14.2. The largest absolute Gasteiger partial charge is 0.508 e. The van der Waals surface area contributed by atoms with Crippen molar-refractivity contribution in [1.29, 1.82) is 0 Å². The van der Waals surface area contributed by atoms with E-state index in [0.717, 1.165) is 51.4 Å². The molecule has 0 saturated heterocycles. The molecule has 0 bridgehead atoms. The standard InChI is InChI=1S/C32H55N3O5/c1-8-10-12-13-14-16-21-35(30(38)27(22-24(3)4)34-31(39)40-32(5,6)7)28(25-18-17-19-26(36)23-25)29(37)33-20-15-11-9-2/h17-19,23-24,27-28,36H,8-16,20-22H2,1-7H3,(H,33,37)(H,34,39). The fraction of sp³-hybridized carbons (Fsp3) is 0.719. The SMILES string of the molecule is CCCCCCCCN(C(=O)C(CC(C)C)NC(=O)OC(C)(C)C)C(C(=O)NCCCCC)c1cccc(O)c1. The van der Waals surface area contributed by atoms with Crippen molar-refractivity contribution in [3.8, 4) is 5.75 Å². The number of carbonyl (C=O) groups is 3. The first-order valence-corrected chi connectivity index (χ1v) is 15.3. The van der Waals surface area contributed by atoms with Crippen LogP contribution in [-0.4, -0.2) is 52.6 Å². The lowest BCUT2D eigenvalue weighted by atomic mass is 9.98. The van der Waals surface area contributed by atoms with Crippen LogP contribution in [0.5, 0.6) is 5.75 Å². The summed E-state index contributed by atoms with van der Waals surface area (Å²) in [5.41, 5.74) is -0.177. The van der Waals surface area contributed by atoms with Gasteiger partial charge in [-0.25, -0.2) is 4.79 Å². The van der Waals surface area contributed by atoms with Crippen molar-refractivity contribution in [3.63, 3.8) is 0 Å². The first-order chi connectivity index (χ1) is 18.9. The second kappa shape index (κ2) is 18.6. The van der Waals surface area contributed by atoms with Gasteiger partial charge in [0.05, 0.1) is 0 Å². The first-order valence-electron chi connectivity index (χ1n) is 15.3. The number of nitrogens with zero attached hydrogens (tertiary/aromatic N) is 1. The van der Waals surface area contributed by atoms with E-state index < -0.39 is 23.8 Å². The van der Waals surface area contributed by atoms with Gasteiger partial charge in [0.25, 0.3) is 0 Å². The van der Waals surface area contributed by atoms with E-state index in [4.69, 9.17) is 4.74 Å². The third-order valence-electron chi connectivity index (χ3n) is 6.56. The zero-order valence-corrected chi connectivity index (χ0v) is 26.1. The van der Waals surface area contributed by atoms with Gasteiger partial charge in [-0.3, -0.25) is 9.59 Å². The molecule has 8 nitrogen and oxygen atoms in total. The Morgan fingerprint density at radius 3 is 2.17 bits per heavy atom. The van der Waals surface area contributed by atoms with Crippen LogP contribution in [0.1, 0.15) is 124 Å². The van der Waals surface area contributed by atoms with E-state index in [-0.39, 0.29) is 23.5 Å². The summed E-state index contributed by atoms with van der Waals surface area (Å²) in [6.45, 7) is 14.4. The van der Waals surface area contributed by atoms with Gasteiger partial charge in [0.15, 0.2) is 0 Å². The molecule has 8 heteroatoms. The molecule has 2 unspecified atom stereocenters. The lowest BCUT2D eigenvalue weighted by Gasteiger charge is -2.35. The molecule has 1 aromatic rings. The Hall–Kier alpha value is -2.77. The molecular formula is C32H55N3O5. The number of hydrogen-bond acceptors (Lipinski definition) is 5. The van der Waals surface area contributed by atoms with Gasteiger partial charge in [-0.15, -0.1) is 0 Å². The Kier molecular flexibility index (Phi) is 16.4. The molecule has 0 radical (unpaired) electrons. The van der Waals surface area contributed by atoms with Crippen LogP contribution in [0.3, 0.4) is 0 Å². The van der Waals surface area contributed by atoms with Crippen LogP contribution in [0.25, 0.3) is 0 Å². The van der Waals surface area contributed by atoms with E-state index in [2.05, 4.69) is 24.5 Å². The maximum Gasteiger partial charge on any atom is 0.408 e. The fourth-order valence-corrected chi connectivity index (χ4v) is 4.62. The maximum atomic E-state index is 14.2. The molecule has 3 N–H and O–H groups in total. The summed E-state index contributed by atoms with van der Waals surface area (Å²) in [5.74, 6) is -0.479. The van der Waals surface area contributed by atoms with Crippen molar-refractivity contribution in [2.24, 2.45) is 5.92 Å². The number of amides is 3. The van der Waals surface area contributed by atoms with E-state index in [1.165, 1.54) is 12.5 Å². The second-order valence-corrected chi connectivity index (χ2v) is 12.1. The zero-order chi connectivity index (χ0) is 30.1. The molecule has 0 aliphatic rings. The average Bonchev–Trinajstić information content (AvgIpc) is 2.85. The molecule has 0 spiro atoms. The summed E-state index contributed by atoms with van der Waals surface area (Å²) in [4.78, 5) is 42.3. The van der Waals surface area contributed by atoms with Crippen molar-refractivity contribution in [1.82, 2.24) is 15.5 Å². The lowest BCUT2D eigenvalue weighted by Crippen LogP contribution is -2.53. The average molecular weight is 562 g/mol. The number of unbranched alkanes of at least 4 members (excludes halogenated alkanes) is 7. The number of rotatable bonds is 18. The third-order valence-corrected chi connectivity index (χ3v) is 6.56. The highest BCUT2D eigenvalue weighted by molar-refractivity contribution is 5.92. The van der Waals surface area contributed by atoms with Crippen molar-refractivity contribution >= 4 is 17.9 Å². The Balaban J connectivity index is 3.39. The van der Waals surface area contributed by atoms with Gasteiger partial charge in [-0.1, -0.05) is 84.8 Å². The van der Waals surface area contributed by atoms with Crippen LogP contribution in [0.15, 0.2) is 24.3 Å². The number of aromatic hydroxyl groups is 1. The highest BCUT2D eigenvalue weighted by atomic mass is 16.6. The van der Waals surface area contributed by atoms with Gasteiger partial charge >= 0.3 is 6.09 Å². The molecule has 0 aliphatic carbocycles. The summed E-state index contributed by atoms with van der Waals surface area (Å²) in [6, 6.07) is 4.73. The quantitative estimate of drug-likeness (QED) is 0.170. The normalized spacial score (nSPS) is 13.0. The topological polar surface area (TPSA) is 108 Å². The van der Waals surface area contributed by atoms with E-state index >= 15 is 0 Å². The second-order valence-electron chi connectivity index (χ2n) is 12.1. The zero-order valence-electron chi connectivity index (χ0n) is 26.1. The van der Waals surface area contributed by atoms with Crippen molar-refractivity contribution < 1.29 is 24.2 Å². The minimum Gasteiger partial charge on any atom is -0.508 e. The number of hydrogen-bond donors (Lipinski definition) is 3. The summed E-state index contributed by atoms with van der Waals surface area (Å²) in [7, 11) is 0. The van der Waals surface area contributed by atoms with Gasteiger partial charge in [-0.05, 0) is 63.6 Å². The van der Waals surface area contributed by atoms with Crippen molar-refractivity contribution in [2.45, 2.75) is 130 Å². The molecule has 40 heavy (non-hydrogen) atoms. The molecule has 1 aromatic carbocycles. The van der Waals surface area contributed by atoms with E-state index in [0.29, 0.717) is 25.1 Å². The van der Waals surface area contributed by atoms with Crippen LogP contribution in [-0.2, 0) is 14.3 Å². The fourth-order valence-electron chi connectivity index (χ4n) is 4.62. The molecule has 3 amide bonds. The predicted molar refractivity (Wildman–Crippen MR) is 161 cm³/mol. The van der Waals surface area contributed by atoms with E-state index in [1.54, 1.807) is 43.9 Å². The van der Waals surface area contributed by atoms with Gasteiger partial charge in [0.1, 0.15) is 23.4 Å². The summed E-state index contributed by atoms with van der Waals surface area (Å²) >= 11 is 0. The molecule has 0 aliphatic heterocycles. The molecule has 0 heterocycles. The van der Waals surface area contributed by atoms with Crippen LogP contribution in [0.4, 0.5) is 4.79 Å². The molecule has 0 aromatic heterocycles. The Morgan fingerprint density at radius 1 is 0.950 bits per heavy atom. The highest BCUT2D eigenvalue weighted by Gasteiger charge is 2.36. The molecular weight excluding hydrogens is 506 g/mol. The number of carbonyl (C=O) groups excluding carboxylic acids is 3. The third kappa shape index (κ3) is 14.0. The summed E-state index contributed by atoms with van der Waals surface area (Å²) < 4.78 is 5.47. The van der Waals surface area contributed by atoms with Gasteiger partial charge in [-0.2, -0.15) is 0 Å². The number of phenolic OH excluding ortho intramolecular Hbond substituents is 1. The Morgan fingerprint density at radius 2 is 1.57 bits per heavy atom. The van der Waals surface area contributed by atoms with Gasteiger partial charge in [0.2, 0.25) is 11.8 Å². The molecule has 1 rings (SSSR count). The van der Waals surface area contributed by atoms with Crippen LogP contribution in [0, 0.1) is 5.92 Å². The molecule has 0 saturated carbocycles. The van der Waals surface area contributed by atoms with Crippen LogP contribution in [0.2, 0.25) is 0 Å². The minimum absolute atomic E-state index is 0.0267. The van der Waals surface area contributed by atoms with Crippen LogP contribution >= 0.6 is 0 Å². The summed E-state index contributed by atoms with van der Waals surface area (Å²) in [5, 5.41) is 16.1. The Labute approximate surface area is 242 Å². The van der Waals surface area contributed by atoms with Gasteiger partial charge < -0.3 is 25.4 Å². The van der Waals surface area contributed by atoms with Crippen molar-refractivity contribution in [3.05, 3.63) is 29.8 Å². The van der Waals surface area contributed by atoms with Crippen LogP contribution < -0.4 is 10.6 Å². The van der Waals surface area contributed by atoms with E-state index in [9.17, 15) is 19.5 Å². The van der Waals surface area contributed by atoms with Crippen molar-refractivity contribution in [2.75, 3.05) is 13.1 Å². The smallest absolute Gasteiger partial charge is 0.408 e. The lowest BCUT2D eigenvalue weighted by molar-refractivity contribution is -0.143. The van der Waals surface area contributed by atoms with Gasteiger partial charge in [0, 0.05) is 13.1 Å². The number of nitrogens with one attached hydrogen (secondary N) is 2. The highest BCUT2D eigenvalue weighted by Crippen LogP contribution is 2.27. The predicted octanol–water partition coefficient (Wildman–Crippen LogP) is 6.87.